The minimum atomic E-state index is -1.82. The Labute approximate surface area is 163 Å². The average molecular weight is 369 g/mol. The van der Waals surface area contributed by atoms with Crippen molar-refractivity contribution < 1.29 is 14.7 Å². The number of amides is 1. The monoisotopic (exact) mass is 369 g/mol. The van der Waals surface area contributed by atoms with Crippen molar-refractivity contribution in [3.05, 3.63) is 89.0 Å². The maximum Gasteiger partial charge on any atom is 0.263 e. The summed E-state index contributed by atoms with van der Waals surface area (Å²) in [7, 11) is 1.62. The molecule has 0 bridgehead atoms. The smallest absolute Gasteiger partial charge is 0.263 e. The van der Waals surface area contributed by atoms with Gasteiger partial charge in [0.05, 0.1) is 12.1 Å². The van der Waals surface area contributed by atoms with Crippen LogP contribution in [-0.2, 0) is 16.8 Å². The van der Waals surface area contributed by atoms with E-state index in [0.717, 1.165) is 17.5 Å². The molecule has 0 spiro atoms. The van der Waals surface area contributed by atoms with E-state index < -0.39 is 11.5 Å². The van der Waals surface area contributed by atoms with Gasteiger partial charge >= 0.3 is 0 Å². The Morgan fingerprint density at radius 3 is 2.57 bits per heavy atom. The fraction of sp³-hybridized carbons (Fsp3) is 0.167. The number of para-hydroxylation sites is 1. The summed E-state index contributed by atoms with van der Waals surface area (Å²) in [6, 6.07) is 21.0. The summed E-state index contributed by atoms with van der Waals surface area (Å²) in [5.41, 5.74) is 4.56. The molecule has 0 saturated carbocycles. The molecule has 0 unspecified atom stereocenters. The normalized spacial score (nSPS) is 19.4. The number of nitrogens with zero attached hydrogens (tertiary/aromatic N) is 1. The van der Waals surface area contributed by atoms with Crippen LogP contribution in [-0.4, -0.2) is 23.8 Å². The van der Waals surface area contributed by atoms with Crippen molar-refractivity contribution in [3.63, 3.8) is 0 Å². The van der Waals surface area contributed by atoms with Gasteiger partial charge in [-0.05, 0) is 40.8 Å². The Balaban J connectivity index is 1.47. The van der Waals surface area contributed by atoms with Gasteiger partial charge in [-0.2, -0.15) is 0 Å². The molecule has 138 valence electrons. The number of anilines is 1. The van der Waals surface area contributed by atoms with E-state index in [9.17, 15) is 14.7 Å². The van der Waals surface area contributed by atoms with Crippen LogP contribution in [0.25, 0.3) is 11.1 Å². The number of rotatable bonds is 3. The molecule has 0 fully saturated rings. The Bertz CT molecular complexity index is 1150. The molecule has 0 radical (unpaired) electrons. The van der Waals surface area contributed by atoms with Gasteiger partial charge in [0.25, 0.3) is 5.91 Å². The molecule has 0 aromatic heterocycles. The first kappa shape index (κ1) is 16.9. The van der Waals surface area contributed by atoms with Gasteiger partial charge < -0.3 is 10.0 Å². The lowest BCUT2D eigenvalue weighted by Gasteiger charge is -2.21. The molecule has 1 N–H and O–H groups in total. The van der Waals surface area contributed by atoms with Crippen LogP contribution in [0.2, 0.25) is 0 Å². The van der Waals surface area contributed by atoms with E-state index in [1.54, 1.807) is 31.3 Å². The fourth-order valence-corrected chi connectivity index (χ4v) is 4.44. The number of Topliss-reactive ketones (excluding diaryl/α,β-unsaturated/α-hetero) is 1. The van der Waals surface area contributed by atoms with Crippen molar-refractivity contribution in [2.45, 2.75) is 18.4 Å². The van der Waals surface area contributed by atoms with Crippen molar-refractivity contribution in [1.82, 2.24) is 0 Å². The molecule has 1 aliphatic carbocycles. The molecular formula is C24H19NO3. The zero-order valence-corrected chi connectivity index (χ0v) is 15.5. The van der Waals surface area contributed by atoms with Crippen LogP contribution in [0, 0.1) is 0 Å². The Morgan fingerprint density at radius 1 is 1.00 bits per heavy atom. The van der Waals surface area contributed by atoms with Crippen LogP contribution >= 0.6 is 0 Å². The minimum absolute atomic E-state index is 0.236. The van der Waals surface area contributed by atoms with Gasteiger partial charge in [-0.3, -0.25) is 9.59 Å². The lowest BCUT2D eigenvalue weighted by molar-refractivity contribution is -0.135. The first-order chi connectivity index (χ1) is 13.5. The molecule has 3 aromatic rings. The molecule has 28 heavy (non-hydrogen) atoms. The first-order valence-electron chi connectivity index (χ1n) is 9.33. The molecule has 2 aliphatic rings. The largest absolute Gasteiger partial charge is 0.375 e. The molecule has 3 aromatic carbocycles. The van der Waals surface area contributed by atoms with Crippen molar-refractivity contribution in [2.24, 2.45) is 0 Å². The van der Waals surface area contributed by atoms with E-state index in [2.05, 4.69) is 12.1 Å². The summed E-state index contributed by atoms with van der Waals surface area (Å²) in [5.74, 6) is -0.699. The first-order valence-corrected chi connectivity index (χ1v) is 9.33. The maximum atomic E-state index is 13.0. The van der Waals surface area contributed by atoms with Crippen molar-refractivity contribution in [1.29, 1.82) is 0 Å². The highest BCUT2D eigenvalue weighted by atomic mass is 16.3. The molecule has 5 rings (SSSR count). The Kier molecular flexibility index (Phi) is 3.55. The SMILES string of the molecule is CN1C(=O)[C@](O)(CC(=O)c2ccc3c(c2)Cc2ccccc2-3)c2ccccc21. The second kappa shape index (κ2) is 5.88. The maximum absolute atomic E-state index is 13.0. The zero-order valence-electron chi connectivity index (χ0n) is 15.5. The van der Waals surface area contributed by atoms with Crippen molar-refractivity contribution in [2.75, 3.05) is 11.9 Å². The van der Waals surface area contributed by atoms with Gasteiger partial charge in [-0.15, -0.1) is 0 Å². The third kappa shape index (κ3) is 2.28. The van der Waals surface area contributed by atoms with Crippen LogP contribution in [0.4, 0.5) is 5.69 Å². The Hall–Kier alpha value is -3.24. The average Bonchev–Trinajstić information content (AvgIpc) is 3.17. The summed E-state index contributed by atoms with van der Waals surface area (Å²) >= 11 is 0. The van der Waals surface area contributed by atoms with Crippen molar-refractivity contribution >= 4 is 17.4 Å². The quantitative estimate of drug-likeness (QED) is 0.560. The van der Waals surface area contributed by atoms with E-state index in [4.69, 9.17) is 0 Å². The van der Waals surface area contributed by atoms with E-state index in [-0.39, 0.29) is 12.2 Å². The highest BCUT2D eigenvalue weighted by Gasteiger charge is 2.49. The van der Waals surface area contributed by atoms with Gasteiger partial charge in [-0.25, -0.2) is 0 Å². The summed E-state index contributed by atoms with van der Waals surface area (Å²) in [4.78, 5) is 27.1. The third-order valence-corrected chi connectivity index (χ3v) is 5.90. The second-order valence-corrected chi connectivity index (χ2v) is 7.55. The topological polar surface area (TPSA) is 57.6 Å². The summed E-state index contributed by atoms with van der Waals surface area (Å²) < 4.78 is 0. The van der Waals surface area contributed by atoms with E-state index in [1.165, 1.54) is 16.0 Å². The zero-order chi connectivity index (χ0) is 19.5. The van der Waals surface area contributed by atoms with Crippen LogP contribution in [0.15, 0.2) is 66.7 Å². The van der Waals surface area contributed by atoms with Crippen LogP contribution in [0.3, 0.4) is 0 Å². The fourth-order valence-electron chi connectivity index (χ4n) is 4.44. The predicted molar refractivity (Wildman–Crippen MR) is 107 cm³/mol. The molecule has 1 aliphatic heterocycles. The number of hydrogen-bond donors (Lipinski definition) is 1. The molecule has 1 amide bonds. The third-order valence-electron chi connectivity index (χ3n) is 5.90. The van der Waals surface area contributed by atoms with Gasteiger partial charge in [0.2, 0.25) is 0 Å². The number of aliphatic hydroxyl groups is 1. The summed E-state index contributed by atoms with van der Waals surface area (Å²) in [6.45, 7) is 0. The number of fused-ring (bicyclic) bond motifs is 4. The standard InChI is InChI=1S/C24H19NO3/c1-25-21-9-5-4-8-20(21)24(28,23(25)27)14-22(26)16-10-11-19-17(13-16)12-15-6-2-3-7-18(15)19/h2-11,13,28H,12,14H2,1H3/t24-/m0/s1. The van der Waals surface area contributed by atoms with E-state index in [1.807, 2.05) is 30.3 Å². The highest BCUT2D eigenvalue weighted by Crippen LogP contribution is 2.42. The van der Waals surface area contributed by atoms with Gasteiger partial charge in [0.1, 0.15) is 0 Å². The van der Waals surface area contributed by atoms with E-state index in [0.29, 0.717) is 16.8 Å². The van der Waals surface area contributed by atoms with E-state index >= 15 is 0 Å². The molecule has 4 heteroatoms. The highest BCUT2D eigenvalue weighted by molar-refractivity contribution is 6.10. The summed E-state index contributed by atoms with van der Waals surface area (Å²) in [6.07, 6.45) is 0.528. The molecule has 0 saturated heterocycles. The van der Waals surface area contributed by atoms with Crippen LogP contribution in [0.5, 0.6) is 0 Å². The number of benzene rings is 3. The van der Waals surface area contributed by atoms with Gasteiger partial charge in [0, 0.05) is 18.2 Å². The Morgan fingerprint density at radius 2 is 1.71 bits per heavy atom. The predicted octanol–water partition coefficient (Wildman–Crippen LogP) is 3.69. The van der Waals surface area contributed by atoms with Crippen LogP contribution in [0.1, 0.15) is 33.5 Å². The minimum Gasteiger partial charge on any atom is -0.375 e. The van der Waals surface area contributed by atoms with Crippen molar-refractivity contribution in [3.8, 4) is 11.1 Å². The number of carbonyl (C=O) groups excluding carboxylic acids is 2. The lowest BCUT2D eigenvalue weighted by Crippen LogP contribution is -2.40. The summed E-state index contributed by atoms with van der Waals surface area (Å²) in [5, 5.41) is 11.1. The lowest BCUT2D eigenvalue weighted by atomic mass is 9.87. The number of hydrogen-bond acceptors (Lipinski definition) is 3. The molecule has 1 heterocycles. The van der Waals surface area contributed by atoms with Crippen LogP contribution < -0.4 is 4.90 Å². The van der Waals surface area contributed by atoms with Gasteiger partial charge in [-0.1, -0.05) is 54.6 Å². The second-order valence-electron chi connectivity index (χ2n) is 7.55. The van der Waals surface area contributed by atoms with Gasteiger partial charge in [0.15, 0.2) is 11.4 Å². The number of carbonyl (C=O) groups is 2. The molecule has 1 atom stereocenters. The molecule has 4 nitrogen and oxygen atoms in total. The number of ketones is 1. The number of likely N-dealkylation sites (N-methyl/N-ethyl adjacent to an activating group) is 1. The molecular weight excluding hydrogens is 350 g/mol.